The lowest BCUT2D eigenvalue weighted by atomic mass is 10.1. The highest BCUT2D eigenvalue weighted by molar-refractivity contribution is 5.98. The number of nitrogens with two attached hydrogens (primary N) is 1. The summed E-state index contributed by atoms with van der Waals surface area (Å²) in [4.78, 5) is 8.65. The Morgan fingerprint density at radius 1 is 1.22 bits per heavy atom. The van der Waals surface area contributed by atoms with E-state index in [9.17, 15) is 4.39 Å². The summed E-state index contributed by atoms with van der Waals surface area (Å²) in [7, 11) is 1.56. The predicted molar refractivity (Wildman–Crippen MR) is 122 cm³/mol. The van der Waals surface area contributed by atoms with Crippen molar-refractivity contribution in [1.82, 2.24) is 25.1 Å². The summed E-state index contributed by atoms with van der Waals surface area (Å²) in [6.07, 6.45) is 2.48. The van der Waals surface area contributed by atoms with Gasteiger partial charge in [0.1, 0.15) is 29.4 Å². The normalized spacial score (nSPS) is 15.9. The van der Waals surface area contributed by atoms with Crippen molar-refractivity contribution in [3.8, 4) is 17.0 Å². The molecule has 9 heteroatoms. The first-order valence-corrected chi connectivity index (χ1v) is 10.5. The minimum atomic E-state index is -0.316. The molecular formula is C23H24FN7O. The van der Waals surface area contributed by atoms with Crippen LogP contribution in [0.4, 0.5) is 15.9 Å². The van der Waals surface area contributed by atoms with Crippen LogP contribution in [0.3, 0.4) is 0 Å². The monoisotopic (exact) mass is 433 g/mol. The van der Waals surface area contributed by atoms with Crippen molar-refractivity contribution in [3.63, 3.8) is 0 Å². The molecule has 1 fully saturated rings. The molecule has 1 unspecified atom stereocenters. The molecule has 0 radical (unpaired) electrons. The number of fused-ring (bicyclic) bond motifs is 1. The minimum absolute atomic E-state index is 0.241. The maximum absolute atomic E-state index is 13.6. The Balaban J connectivity index is 1.42. The fourth-order valence-electron chi connectivity index (χ4n) is 4.10. The SMILES string of the molecule is COc1ccc(F)cc1NCc1ccc(-c2nn(C3CCNC3)c3ncnc(N)c23)cc1. The quantitative estimate of drug-likeness (QED) is 0.428. The Bertz CT molecular complexity index is 1250. The van der Waals surface area contributed by atoms with Crippen molar-refractivity contribution >= 4 is 22.5 Å². The number of nitrogens with one attached hydrogen (secondary N) is 2. The maximum Gasteiger partial charge on any atom is 0.164 e. The number of hydrogen-bond acceptors (Lipinski definition) is 7. The molecule has 0 amide bonds. The smallest absolute Gasteiger partial charge is 0.164 e. The first-order valence-electron chi connectivity index (χ1n) is 10.5. The van der Waals surface area contributed by atoms with Gasteiger partial charge in [-0.3, -0.25) is 0 Å². The van der Waals surface area contributed by atoms with Gasteiger partial charge in [-0.25, -0.2) is 19.0 Å². The minimum Gasteiger partial charge on any atom is -0.495 e. The van der Waals surface area contributed by atoms with E-state index in [1.807, 2.05) is 28.9 Å². The molecule has 0 saturated carbocycles. The Morgan fingerprint density at radius 2 is 2.06 bits per heavy atom. The van der Waals surface area contributed by atoms with Crippen LogP contribution in [-0.4, -0.2) is 39.9 Å². The summed E-state index contributed by atoms with van der Waals surface area (Å²) in [6, 6.07) is 12.7. The summed E-state index contributed by atoms with van der Waals surface area (Å²) in [6.45, 7) is 2.34. The highest BCUT2D eigenvalue weighted by Gasteiger charge is 2.24. The second-order valence-corrected chi connectivity index (χ2v) is 7.79. The van der Waals surface area contributed by atoms with Crippen LogP contribution in [0.15, 0.2) is 48.8 Å². The molecule has 8 nitrogen and oxygen atoms in total. The first-order chi connectivity index (χ1) is 15.6. The van der Waals surface area contributed by atoms with E-state index in [4.69, 9.17) is 15.6 Å². The van der Waals surface area contributed by atoms with E-state index >= 15 is 0 Å². The van der Waals surface area contributed by atoms with Crippen LogP contribution in [0.25, 0.3) is 22.3 Å². The van der Waals surface area contributed by atoms with Crippen LogP contribution in [0.1, 0.15) is 18.0 Å². The van der Waals surface area contributed by atoms with Gasteiger partial charge in [0.25, 0.3) is 0 Å². The van der Waals surface area contributed by atoms with Crippen LogP contribution in [0.2, 0.25) is 0 Å². The third-order valence-electron chi connectivity index (χ3n) is 5.77. The predicted octanol–water partition coefficient (Wildman–Crippen LogP) is 3.37. The zero-order valence-electron chi connectivity index (χ0n) is 17.7. The largest absolute Gasteiger partial charge is 0.495 e. The molecule has 5 rings (SSSR count). The van der Waals surface area contributed by atoms with Crippen molar-refractivity contribution in [3.05, 3.63) is 60.2 Å². The van der Waals surface area contributed by atoms with E-state index in [1.165, 1.54) is 18.5 Å². The van der Waals surface area contributed by atoms with Crippen molar-refractivity contribution in [2.24, 2.45) is 0 Å². The van der Waals surface area contributed by atoms with E-state index in [0.29, 0.717) is 23.8 Å². The lowest BCUT2D eigenvalue weighted by Gasteiger charge is -2.11. The second-order valence-electron chi connectivity index (χ2n) is 7.79. The molecule has 164 valence electrons. The van der Waals surface area contributed by atoms with Crippen LogP contribution >= 0.6 is 0 Å². The number of methoxy groups -OCH3 is 1. The zero-order chi connectivity index (χ0) is 22.1. The van der Waals surface area contributed by atoms with Gasteiger partial charge in [-0.2, -0.15) is 5.10 Å². The maximum atomic E-state index is 13.6. The molecule has 2 aromatic carbocycles. The van der Waals surface area contributed by atoms with Gasteiger partial charge in [-0.05, 0) is 30.7 Å². The van der Waals surface area contributed by atoms with Crippen LogP contribution in [0.5, 0.6) is 5.75 Å². The summed E-state index contributed by atoms with van der Waals surface area (Å²) in [5, 5.41) is 12.3. The molecule has 4 N–H and O–H groups in total. The van der Waals surface area contributed by atoms with Gasteiger partial charge in [0.15, 0.2) is 5.65 Å². The topological polar surface area (TPSA) is 103 Å². The van der Waals surface area contributed by atoms with Gasteiger partial charge in [-0.15, -0.1) is 0 Å². The van der Waals surface area contributed by atoms with Crippen molar-refractivity contribution in [2.45, 2.75) is 19.0 Å². The third-order valence-corrected chi connectivity index (χ3v) is 5.77. The summed E-state index contributed by atoms with van der Waals surface area (Å²) >= 11 is 0. The molecule has 0 aliphatic carbocycles. The van der Waals surface area contributed by atoms with Crippen LogP contribution in [0, 0.1) is 5.82 Å². The average molecular weight is 433 g/mol. The van der Waals surface area contributed by atoms with Gasteiger partial charge in [0.05, 0.1) is 24.2 Å². The first kappa shape index (κ1) is 20.2. The number of ether oxygens (including phenoxy) is 1. The van der Waals surface area contributed by atoms with Crippen LogP contribution in [-0.2, 0) is 6.54 Å². The van der Waals surface area contributed by atoms with Crippen molar-refractivity contribution in [2.75, 3.05) is 31.2 Å². The molecule has 1 aliphatic heterocycles. The summed E-state index contributed by atoms with van der Waals surface area (Å²) in [5.74, 6) is 0.700. The highest BCUT2D eigenvalue weighted by atomic mass is 19.1. The number of anilines is 2. The molecule has 32 heavy (non-hydrogen) atoms. The molecule has 1 saturated heterocycles. The molecule has 1 atom stereocenters. The molecule has 0 bridgehead atoms. The number of benzene rings is 2. The van der Waals surface area contributed by atoms with Crippen molar-refractivity contribution < 1.29 is 9.13 Å². The molecule has 1 aliphatic rings. The van der Waals surface area contributed by atoms with E-state index in [1.54, 1.807) is 13.2 Å². The molecular weight excluding hydrogens is 409 g/mol. The lowest BCUT2D eigenvalue weighted by molar-refractivity contribution is 0.415. The van der Waals surface area contributed by atoms with E-state index in [0.717, 1.165) is 47.4 Å². The van der Waals surface area contributed by atoms with Crippen LogP contribution < -0.4 is 21.1 Å². The molecule has 2 aromatic heterocycles. The lowest BCUT2D eigenvalue weighted by Crippen LogP contribution is -2.15. The number of aromatic nitrogens is 4. The van der Waals surface area contributed by atoms with Gasteiger partial charge < -0.3 is 21.1 Å². The van der Waals surface area contributed by atoms with Crippen molar-refractivity contribution in [1.29, 1.82) is 0 Å². The Labute approximate surface area is 184 Å². The number of rotatable bonds is 6. The Hall–Kier alpha value is -3.72. The molecule has 0 spiro atoms. The van der Waals surface area contributed by atoms with E-state index in [-0.39, 0.29) is 11.9 Å². The van der Waals surface area contributed by atoms with Gasteiger partial charge in [0.2, 0.25) is 0 Å². The average Bonchev–Trinajstić information content (AvgIpc) is 3.47. The number of nitrogens with zero attached hydrogens (tertiary/aromatic N) is 4. The zero-order valence-corrected chi connectivity index (χ0v) is 17.7. The third kappa shape index (κ3) is 3.71. The molecule has 4 aromatic rings. The summed E-state index contributed by atoms with van der Waals surface area (Å²) in [5.41, 5.74) is 10.3. The number of hydrogen-bond donors (Lipinski definition) is 3. The molecule has 3 heterocycles. The van der Waals surface area contributed by atoms with Gasteiger partial charge >= 0.3 is 0 Å². The van der Waals surface area contributed by atoms with Gasteiger partial charge in [0, 0.05) is 24.7 Å². The van der Waals surface area contributed by atoms with E-state index < -0.39 is 0 Å². The number of nitrogen functional groups attached to an aromatic ring is 1. The number of halogens is 1. The fourth-order valence-corrected chi connectivity index (χ4v) is 4.10. The van der Waals surface area contributed by atoms with Gasteiger partial charge in [-0.1, -0.05) is 24.3 Å². The fraction of sp³-hybridized carbons (Fsp3) is 0.261. The van der Waals surface area contributed by atoms with E-state index in [2.05, 4.69) is 20.6 Å². The standard InChI is InChI=1S/C23H24FN7O/c1-32-19-7-6-16(24)10-18(19)27-11-14-2-4-15(5-3-14)21-20-22(25)28-13-29-23(20)31(30-21)17-8-9-26-12-17/h2-7,10,13,17,26-27H,8-9,11-12H2,1H3,(H2,25,28,29). The summed E-state index contributed by atoms with van der Waals surface area (Å²) < 4.78 is 20.9. The Morgan fingerprint density at radius 3 is 2.81 bits per heavy atom. The highest BCUT2D eigenvalue weighted by Crippen LogP contribution is 2.33. The Kier molecular flexibility index (Phi) is 5.32. The second kappa shape index (κ2) is 8.43.